The number of hydrogen-bond donors (Lipinski definition) is 1. The third kappa shape index (κ3) is 2.15. The summed E-state index contributed by atoms with van der Waals surface area (Å²) in [6.45, 7) is 1.94. The second-order valence-electron chi connectivity index (χ2n) is 4.57. The zero-order valence-electron chi connectivity index (χ0n) is 10.4. The second kappa shape index (κ2) is 4.56. The van der Waals surface area contributed by atoms with Crippen molar-refractivity contribution in [2.45, 2.75) is 6.92 Å². The average Bonchev–Trinajstić information content (AvgIpc) is 2.40. The molecule has 3 heteroatoms. The molecule has 0 unspecified atom stereocenters. The number of pyridine rings is 1. The van der Waals surface area contributed by atoms with Gasteiger partial charge in [-0.1, -0.05) is 41.9 Å². The molecule has 3 aromatic rings. The number of benzene rings is 2. The summed E-state index contributed by atoms with van der Waals surface area (Å²) < 4.78 is 0. The highest BCUT2D eigenvalue weighted by molar-refractivity contribution is 6.31. The number of rotatable bonds is 1. The van der Waals surface area contributed by atoms with Gasteiger partial charge in [0.25, 0.3) is 5.56 Å². The molecule has 0 bridgehead atoms. The van der Waals surface area contributed by atoms with Gasteiger partial charge < -0.3 is 4.98 Å². The first kappa shape index (κ1) is 12.0. The first-order chi connectivity index (χ1) is 9.15. The van der Waals surface area contributed by atoms with Crippen LogP contribution >= 0.6 is 11.6 Å². The van der Waals surface area contributed by atoms with Crippen LogP contribution in [0, 0.1) is 6.92 Å². The maximum absolute atomic E-state index is 12.2. The van der Waals surface area contributed by atoms with Crippen molar-refractivity contribution < 1.29 is 0 Å². The molecule has 0 aliphatic rings. The first-order valence-corrected chi connectivity index (χ1v) is 6.41. The number of halogens is 1. The van der Waals surface area contributed by atoms with Gasteiger partial charge in [-0.05, 0) is 36.2 Å². The maximum atomic E-state index is 12.2. The molecule has 0 aliphatic carbocycles. The predicted octanol–water partition coefficient (Wildman–Crippen LogP) is 4.16. The van der Waals surface area contributed by atoms with E-state index in [1.807, 2.05) is 55.5 Å². The van der Waals surface area contributed by atoms with Crippen molar-refractivity contribution in [1.82, 2.24) is 4.98 Å². The number of nitrogens with one attached hydrogen (secondary N) is 1. The van der Waals surface area contributed by atoms with Crippen LogP contribution in [0.2, 0.25) is 5.02 Å². The van der Waals surface area contributed by atoms with Crippen LogP contribution in [-0.2, 0) is 0 Å². The summed E-state index contributed by atoms with van der Waals surface area (Å²) >= 11 is 6.07. The summed E-state index contributed by atoms with van der Waals surface area (Å²) in [5.74, 6) is 0. The molecule has 1 heterocycles. The van der Waals surface area contributed by atoms with Crippen molar-refractivity contribution >= 4 is 22.5 Å². The summed E-state index contributed by atoms with van der Waals surface area (Å²) in [6, 6.07) is 15.2. The zero-order chi connectivity index (χ0) is 13.4. The minimum Gasteiger partial charge on any atom is -0.321 e. The van der Waals surface area contributed by atoms with Crippen LogP contribution in [0.1, 0.15) is 5.56 Å². The van der Waals surface area contributed by atoms with Gasteiger partial charge in [0.15, 0.2) is 0 Å². The van der Waals surface area contributed by atoms with E-state index in [-0.39, 0.29) is 5.56 Å². The summed E-state index contributed by atoms with van der Waals surface area (Å²) in [5, 5.41) is 1.62. The minimum atomic E-state index is -0.0795. The van der Waals surface area contributed by atoms with Gasteiger partial charge in [0, 0.05) is 16.0 Å². The van der Waals surface area contributed by atoms with E-state index in [2.05, 4.69) is 4.98 Å². The molecule has 0 fully saturated rings. The molecular formula is C16H12ClNO. The van der Waals surface area contributed by atoms with E-state index >= 15 is 0 Å². The van der Waals surface area contributed by atoms with Gasteiger partial charge in [-0.15, -0.1) is 0 Å². The Morgan fingerprint density at radius 2 is 1.79 bits per heavy atom. The monoisotopic (exact) mass is 269 g/mol. The molecule has 0 saturated heterocycles. The summed E-state index contributed by atoms with van der Waals surface area (Å²) in [4.78, 5) is 15.1. The molecule has 1 aromatic heterocycles. The molecule has 3 rings (SSSR count). The molecule has 2 nitrogen and oxygen atoms in total. The summed E-state index contributed by atoms with van der Waals surface area (Å²) in [6.07, 6.45) is 0. The first-order valence-electron chi connectivity index (χ1n) is 6.04. The van der Waals surface area contributed by atoms with Crippen molar-refractivity contribution in [3.63, 3.8) is 0 Å². The Morgan fingerprint density at radius 3 is 2.53 bits per heavy atom. The lowest BCUT2D eigenvalue weighted by Crippen LogP contribution is -2.09. The van der Waals surface area contributed by atoms with Crippen molar-refractivity contribution in [2.75, 3.05) is 0 Å². The van der Waals surface area contributed by atoms with Gasteiger partial charge in [0.05, 0.1) is 5.52 Å². The van der Waals surface area contributed by atoms with Crippen LogP contribution in [0.3, 0.4) is 0 Å². The van der Waals surface area contributed by atoms with Crippen LogP contribution < -0.4 is 5.56 Å². The number of aryl methyl sites for hydroxylation is 1. The fourth-order valence-electron chi connectivity index (χ4n) is 2.29. The lowest BCUT2D eigenvalue weighted by molar-refractivity contribution is 1.28. The maximum Gasteiger partial charge on any atom is 0.256 e. The van der Waals surface area contributed by atoms with Crippen molar-refractivity contribution in [2.24, 2.45) is 0 Å². The second-order valence-corrected chi connectivity index (χ2v) is 5.00. The zero-order valence-corrected chi connectivity index (χ0v) is 11.2. The summed E-state index contributed by atoms with van der Waals surface area (Å²) in [5.41, 5.74) is 3.30. The number of fused-ring (bicyclic) bond motifs is 1. The third-order valence-electron chi connectivity index (χ3n) is 3.20. The number of H-pyrrole nitrogens is 1. The summed E-state index contributed by atoms with van der Waals surface area (Å²) in [7, 11) is 0. The Morgan fingerprint density at radius 1 is 1.05 bits per heavy atom. The topological polar surface area (TPSA) is 32.9 Å². The van der Waals surface area contributed by atoms with Crippen LogP contribution in [0.25, 0.3) is 22.0 Å². The van der Waals surface area contributed by atoms with E-state index < -0.39 is 0 Å². The standard InChI is InChI=1S/C16H12ClNO/c1-10-7-13(17)8-12-9-14(16(19)18-15(10)12)11-5-3-2-4-6-11/h2-9H,1H3,(H,18,19). The van der Waals surface area contributed by atoms with E-state index in [9.17, 15) is 4.79 Å². The molecule has 0 spiro atoms. The van der Waals surface area contributed by atoms with Gasteiger partial charge in [0.1, 0.15) is 0 Å². The molecule has 0 radical (unpaired) electrons. The predicted molar refractivity (Wildman–Crippen MR) is 79.8 cm³/mol. The van der Waals surface area contributed by atoms with E-state index in [1.165, 1.54) is 0 Å². The van der Waals surface area contributed by atoms with Crippen LogP contribution in [0.4, 0.5) is 0 Å². The number of hydrogen-bond acceptors (Lipinski definition) is 1. The van der Waals surface area contributed by atoms with Crippen molar-refractivity contribution in [3.8, 4) is 11.1 Å². The Kier molecular flexibility index (Phi) is 2.88. The minimum absolute atomic E-state index is 0.0795. The highest BCUT2D eigenvalue weighted by Crippen LogP contribution is 2.24. The SMILES string of the molecule is Cc1cc(Cl)cc2cc(-c3ccccc3)c(=O)[nH]c12. The molecule has 0 atom stereocenters. The molecule has 0 aliphatic heterocycles. The molecule has 0 amide bonds. The molecule has 2 aromatic carbocycles. The van der Waals surface area contributed by atoms with Gasteiger partial charge >= 0.3 is 0 Å². The molecule has 19 heavy (non-hydrogen) atoms. The van der Waals surface area contributed by atoms with Crippen molar-refractivity contribution in [3.05, 3.63) is 69.5 Å². The van der Waals surface area contributed by atoms with E-state index in [4.69, 9.17) is 11.6 Å². The molecular weight excluding hydrogens is 258 g/mol. The van der Waals surface area contributed by atoms with Crippen LogP contribution in [0.15, 0.2) is 53.3 Å². The van der Waals surface area contributed by atoms with Crippen LogP contribution in [0.5, 0.6) is 0 Å². The van der Waals surface area contributed by atoms with E-state index in [1.54, 1.807) is 0 Å². The fraction of sp³-hybridized carbons (Fsp3) is 0.0625. The lowest BCUT2D eigenvalue weighted by atomic mass is 10.0. The third-order valence-corrected chi connectivity index (χ3v) is 3.42. The van der Waals surface area contributed by atoms with E-state index in [0.717, 1.165) is 22.0 Å². The molecule has 1 N–H and O–H groups in total. The highest BCUT2D eigenvalue weighted by Gasteiger charge is 2.07. The van der Waals surface area contributed by atoms with Gasteiger partial charge in [-0.3, -0.25) is 4.79 Å². The van der Waals surface area contributed by atoms with Gasteiger partial charge in [-0.2, -0.15) is 0 Å². The fourth-order valence-corrected chi connectivity index (χ4v) is 2.57. The normalized spacial score (nSPS) is 10.8. The number of aromatic nitrogens is 1. The van der Waals surface area contributed by atoms with E-state index in [0.29, 0.717) is 10.6 Å². The quantitative estimate of drug-likeness (QED) is 0.707. The smallest absolute Gasteiger partial charge is 0.256 e. The van der Waals surface area contributed by atoms with Gasteiger partial charge in [-0.25, -0.2) is 0 Å². The Labute approximate surface area is 115 Å². The molecule has 0 saturated carbocycles. The molecule has 94 valence electrons. The average molecular weight is 270 g/mol. The highest BCUT2D eigenvalue weighted by atomic mass is 35.5. The lowest BCUT2D eigenvalue weighted by Gasteiger charge is -2.06. The Balaban J connectivity index is 2.34. The van der Waals surface area contributed by atoms with Gasteiger partial charge in [0.2, 0.25) is 0 Å². The largest absolute Gasteiger partial charge is 0.321 e. The Hall–Kier alpha value is -2.06. The van der Waals surface area contributed by atoms with Crippen molar-refractivity contribution in [1.29, 1.82) is 0 Å². The Bertz CT molecular complexity index is 806. The number of aromatic amines is 1. The van der Waals surface area contributed by atoms with Crippen LogP contribution in [-0.4, -0.2) is 4.98 Å².